The third-order valence-corrected chi connectivity index (χ3v) is 3.37. The summed E-state index contributed by atoms with van der Waals surface area (Å²) in [6, 6.07) is 6.64. The van der Waals surface area contributed by atoms with Gasteiger partial charge >= 0.3 is 0 Å². The Kier molecular flexibility index (Phi) is 1.99. The lowest BCUT2D eigenvalue weighted by molar-refractivity contribution is 0.740. The van der Waals surface area contributed by atoms with Crippen molar-refractivity contribution >= 4 is 5.69 Å². The quantitative estimate of drug-likeness (QED) is 0.788. The van der Waals surface area contributed by atoms with Gasteiger partial charge in [-0.3, -0.25) is 4.68 Å². The maximum atomic E-state index is 4.28. The lowest BCUT2D eigenvalue weighted by Crippen LogP contribution is -1.93. The first kappa shape index (κ1) is 9.46. The van der Waals surface area contributed by atoms with Crippen molar-refractivity contribution in [2.45, 2.75) is 13.3 Å². The monoisotopic (exact) mass is 213 g/mol. The minimum absolute atomic E-state index is 1.06. The molecule has 3 rings (SSSR count). The number of benzene rings is 1. The zero-order chi connectivity index (χ0) is 11.1. The fourth-order valence-corrected chi connectivity index (χ4v) is 2.24. The van der Waals surface area contributed by atoms with Crippen LogP contribution in [0.5, 0.6) is 0 Å². The highest BCUT2D eigenvalue weighted by atomic mass is 15.3. The van der Waals surface area contributed by atoms with Gasteiger partial charge in [0.2, 0.25) is 0 Å². The molecule has 1 aromatic carbocycles. The summed E-state index contributed by atoms with van der Waals surface area (Å²) in [5.41, 5.74) is 6.38. The fraction of sp³-hybridized carbons (Fsp3) is 0.308. The van der Waals surface area contributed by atoms with Crippen LogP contribution in [0.4, 0.5) is 5.69 Å². The second kappa shape index (κ2) is 3.37. The largest absolute Gasteiger partial charge is 0.384 e. The molecule has 0 bridgehead atoms. The van der Waals surface area contributed by atoms with Crippen molar-refractivity contribution in [3.8, 4) is 11.1 Å². The van der Waals surface area contributed by atoms with Gasteiger partial charge in [-0.15, -0.1) is 0 Å². The molecule has 1 aromatic heterocycles. The van der Waals surface area contributed by atoms with E-state index in [9.17, 15) is 0 Å². The van der Waals surface area contributed by atoms with E-state index in [0.717, 1.165) is 13.0 Å². The molecule has 1 aliphatic rings. The Hall–Kier alpha value is -1.77. The topological polar surface area (TPSA) is 29.9 Å². The zero-order valence-corrected chi connectivity index (χ0v) is 9.62. The Morgan fingerprint density at radius 3 is 3.00 bits per heavy atom. The Balaban J connectivity index is 2.10. The van der Waals surface area contributed by atoms with Crippen molar-refractivity contribution in [2.75, 3.05) is 11.9 Å². The van der Waals surface area contributed by atoms with Crippen LogP contribution in [-0.4, -0.2) is 16.3 Å². The molecule has 3 nitrogen and oxygen atoms in total. The second-order valence-corrected chi connectivity index (χ2v) is 4.32. The summed E-state index contributed by atoms with van der Waals surface area (Å²) >= 11 is 0. The molecule has 0 atom stereocenters. The first-order valence-corrected chi connectivity index (χ1v) is 5.61. The highest BCUT2D eigenvalue weighted by molar-refractivity contribution is 5.72. The van der Waals surface area contributed by atoms with E-state index in [1.165, 1.54) is 28.1 Å². The predicted molar refractivity (Wildman–Crippen MR) is 65.6 cm³/mol. The third kappa shape index (κ3) is 1.32. The van der Waals surface area contributed by atoms with E-state index in [4.69, 9.17) is 0 Å². The number of nitrogens with zero attached hydrogens (tertiary/aromatic N) is 2. The summed E-state index contributed by atoms with van der Waals surface area (Å²) < 4.78 is 1.91. The molecule has 3 heteroatoms. The molecule has 0 fully saturated rings. The minimum atomic E-state index is 1.06. The number of fused-ring (bicyclic) bond motifs is 1. The average molecular weight is 213 g/mol. The summed E-state index contributed by atoms with van der Waals surface area (Å²) in [5.74, 6) is 0. The predicted octanol–water partition coefficient (Wildman–Crippen LogP) is 2.36. The highest BCUT2D eigenvalue weighted by Gasteiger charge is 2.12. The van der Waals surface area contributed by atoms with Crippen molar-refractivity contribution in [1.82, 2.24) is 9.78 Å². The summed E-state index contributed by atoms with van der Waals surface area (Å²) in [6.45, 7) is 3.16. The third-order valence-electron chi connectivity index (χ3n) is 3.37. The normalized spacial score (nSPS) is 13.6. The Bertz CT molecular complexity index is 540. The molecule has 0 radical (unpaired) electrons. The van der Waals surface area contributed by atoms with E-state index >= 15 is 0 Å². The molecule has 82 valence electrons. The Morgan fingerprint density at radius 1 is 1.38 bits per heavy atom. The van der Waals surface area contributed by atoms with E-state index in [2.05, 4.69) is 35.5 Å². The zero-order valence-electron chi connectivity index (χ0n) is 9.62. The lowest BCUT2D eigenvalue weighted by atomic mass is 10.0. The van der Waals surface area contributed by atoms with Gasteiger partial charge in [0, 0.05) is 30.5 Å². The minimum Gasteiger partial charge on any atom is -0.384 e. The standard InChI is InChI=1S/C13H15N3/c1-9-12(8-15-16(9)2)11-4-3-10-5-6-14-13(10)7-11/h3-4,7-8,14H,5-6H2,1-2H3. The van der Waals surface area contributed by atoms with Crippen molar-refractivity contribution < 1.29 is 0 Å². The number of aromatic nitrogens is 2. The van der Waals surface area contributed by atoms with Crippen LogP contribution in [0.2, 0.25) is 0 Å². The van der Waals surface area contributed by atoms with E-state index in [-0.39, 0.29) is 0 Å². The van der Waals surface area contributed by atoms with Crippen LogP contribution in [0.25, 0.3) is 11.1 Å². The number of hydrogen-bond donors (Lipinski definition) is 1. The van der Waals surface area contributed by atoms with Crippen LogP contribution in [0.1, 0.15) is 11.3 Å². The van der Waals surface area contributed by atoms with E-state index in [1.807, 2.05) is 17.9 Å². The molecule has 0 amide bonds. The molecular formula is C13H15N3. The second-order valence-electron chi connectivity index (χ2n) is 4.32. The van der Waals surface area contributed by atoms with Crippen molar-refractivity contribution in [2.24, 2.45) is 7.05 Å². The molecule has 2 aromatic rings. The number of anilines is 1. The Morgan fingerprint density at radius 2 is 2.25 bits per heavy atom. The van der Waals surface area contributed by atoms with Gasteiger partial charge in [0.1, 0.15) is 0 Å². The number of rotatable bonds is 1. The van der Waals surface area contributed by atoms with Gasteiger partial charge in [0.05, 0.1) is 6.20 Å². The highest BCUT2D eigenvalue weighted by Crippen LogP contribution is 2.30. The summed E-state index contributed by atoms with van der Waals surface area (Å²) in [5, 5.41) is 7.69. The SMILES string of the molecule is Cc1c(-c2ccc3c(c2)NCC3)cnn1C. The fourth-order valence-electron chi connectivity index (χ4n) is 2.24. The summed E-state index contributed by atoms with van der Waals surface area (Å²) in [7, 11) is 1.98. The lowest BCUT2D eigenvalue weighted by Gasteiger charge is -2.04. The van der Waals surface area contributed by atoms with Gasteiger partial charge in [-0.05, 0) is 30.5 Å². The van der Waals surface area contributed by atoms with Crippen molar-refractivity contribution in [3.63, 3.8) is 0 Å². The van der Waals surface area contributed by atoms with Crippen LogP contribution in [0.15, 0.2) is 24.4 Å². The molecule has 0 unspecified atom stereocenters. The molecular weight excluding hydrogens is 198 g/mol. The Labute approximate surface area is 95.1 Å². The smallest absolute Gasteiger partial charge is 0.0571 e. The number of hydrogen-bond acceptors (Lipinski definition) is 2. The van der Waals surface area contributed by atoms with Crippen molar-refractivity contribution in [1.29, 1.82) is 0 Å². The first-order valence-electron chi connectivity index (χ1n) is 5.61. The molecule has 2 heterocycles. The van der Waals surface area contributed by atoms with E-state index < -0.39 is 0 Å². The maximum Gasteiger partial charge on any atom is 0.0571 e. The van der Waals surface area contributed by atoms with Gasteiger partial charge < -0.3 is 5.32 Å². The van der Waals surface area contributed by atoms with Crippen LogP contribution < -0.4 is 5.32 Å². The molecule has 16 heavy (non-hydrogen) atoms. The summed E-state index contributed by atoms with van der Waals surface area (Å²) in [4.78, 5) is 0. The van der Waals surface area contributed by atoms with Gasteiger partial charge in [-0.25, -0.2) is 0 Å². The average Bonchev–Trinajstić information content (AvgIpc) is 2.86. The molecule has 1 N–H and O–H groups in total. The van der Waals surface area contributed by atoms with Crippen LogP contribution >= 0.6 is 0 Å². The first-order chi connectivity index (χ1) is 7.75. The molecule has 0 aliphatic carbocycles. The van der Waals surface area contributed by atoms with Gasteiger partial charge in [0.25, 0.3) is 0 Å². The maximum absolute atomic E-state index is 4.28. The van der Waals surface area contributed by atoms with E-state index in [1.54, 1.807) is 0 Å². The summed E-state index contributed by atoms with van der Waals surface area (Å²) in [6.07, 6.45) is 3.08. The molecule has 0 saturated carbocycles. The van der Waals surface area contributed by atoms with Crippen molar-refractivity contribution in [3.05, 3.63) is 35.7 Å². The van der Waals surface area contributed by atoms with Crippen LogP contribution in [-0.2, 0) is 13.5 Å². The van der Waals surface area contributed by atoms with Gasteiger partial charge in [0.15, 0.2) is 0 Å². The van der Waals surface area contributed by atoms with Gasteiger partial charge in [-0.2, -0.15) is 5.10 Å². The van der Waals surface area contributed by atoms with E-state index in [0.29, 0.717) is 0 Å². The molecule has 0 saturated heterocycles. The molecule has 1 aliphatic heterocycles. The number of nitrogens with one attached hydrogen (secondary N) is 1. The van der Waals surface area contributed by atoms with Gasteiger partial charge in [-0.1, -0.05) is 12.1 Å². The number of aryl methyl sites for hydroxylation is 1. The van der Waals surface area contributed by atoms with Crippen LogP contribution in [0, 0.1) is 6.92 Å². The molecule has 0 spiro atoms. The van der Waals surface area contributed by atoms with Crippen LogP contribution in [0.3, 0.4) is 0 Å².